The van der Waals surface area contributed by atoms with E-state index in [4.69, 9.17) is 23.2 Å². The zero-order valence-corrected chi connectivity index (χ0v) is 12.4. The van der Waals surface area contributed by atoms with Crippen molar-refractivity contribution in [3.63, 3.8) is 0 Å². The first-order valence-electron chi connectivity index (χ1n) is 5.73. The molecule has 0 saturated heterocycles. The molecule has 0 heterocycles. The Balaban J connectivity index is 2.69. The van der Waals surface area contributed by atoms with Crippen molar-refractivity contribution >= 4 is 29.0 Å². The fourth-order valence-corrected chi connectivity index (χ4v) is 1.75. The van der Waals surface area contributed by atoms with E-state index >= 15 is 0 Å². The van der Waals surface area contributed by atoms with Crippen LogP contribution in [0.1, 0.15) is 17.3 Å². The maximum Gasteiger partial charge on any atom is 0.216 e. The molecule has 1 aromatic carbocycles. The maximum atomic E-state index is 12.1. The van der Waals surface area contributed by atoms with Crippen LogP contribution in [0.3, 0.4) is 0 Å². The Hall–Kier alpha value is -0.830. The highest BCUT2D eigenvalue weighted by atomic mass is 35.5. The molecule has 0 atom stereocenters. The minimum Gasteiger partial charge on any atom is -0.319 e. The van der Waals surface area contributed by atoms with Crippen molar-refractivity contribution in [3.05, 3.63) is 46.0 Å². The molecule has 98 valence electrons. The molecular weight excluding hydrogens is 269 g/mol. The molecule has 1 aromatic rings. The number of rotatable bonds is 5. The van der Waals surface area contributed by atoms with Gasteiger partial charge < -0.3 is 4.48 Å². The summed E-state index contributed by atoms with van der Waals surface area (Å²) in [6, 6.07) is 6.98. The van der Waals surface area contributed by atoms with Gasteiger partial charge in [0.1, 0.15) is 6.54 Å². The summed E-state index contributed by atoms with van der Waals surface area (Å²) in [6.45, 7) is 3.00. The first kappa shape index (κ1) is 15.2. The van der Waals surface area contributed by atoms with Crippen LogP contribution in [-0.2, 0) is 0 Å². The van der Waals surface area contributed by atoms with E-state index in [2.05, 4.69) is 0 Å². The number of carbonyl (C=O) groups excluding carboxylic acids is 1. The van der Waals surface area contributed by atoms with Gasteiger partial charge in [-0.2, -0.15) is 0 Å². The molecule has 1 rings (SSSR count). The molecule has 4 heteroatoms. The highest BCUT2D eigenvalue weighted by Gasteiger charge is 2.19. The van der Waals surface area contributed by atoms with Crippen LogP contribution in [0.4, 0.5) is 0 Å². The van der Waals surface area contributed by atoms with Gasteiger partial charge in [0, 0.05) is 15.6 Å². The smallest absolute Gasteiger partial charge is 0.216 e. The van der Waals surface area contributed by atoms with Gasteiger partial charge in [-0.05, 0) is 37.3 Å². The molecule has 0 amide bonds. The average molecular weight is 287 g/mol. The highest BCUT2D eigenvalue weighted by Crippen LogP contribution is 2.12. The quantitative estimate of drug-likeness (QED) is 0.595. The summed E-state index contributed by atoms with van der Waals surface area (Å²) in [5.41, 5.74) is 0.692. The van der Waals surface area contributed by atoms with Gasteiger partial charge in [-0.15, -0.1) is 0 Å². The number of halogens is 2. The standard InChI is InChI=1S/C14H18Cl2NO/c1-11(15)8-9-17(2,3)10-14(18)12-4-6-13(16)7-5-12/h4-8H,9-10H2,1-3H3/q+1/b11-8+. The van der Waals surface area contributed by atoms with E-state index in [0.717, 1.165) is 11.6 Å². The second-order valence-electron chi connectivity index (χ2n) is 5.00. The number of likely N-dealkylation sites (N-methyl/N-ethyl adjacent to an activating group) is 1. The topological polar surface area (TPSA) is 17.1 Å². The molecular formula is C14H18Cl2NO+. The second-order valence-corrected chi connectivity index (χ2v) is 6.03. The van der Waals surface area contributed by atoms with Crippen LogP contribution >= 0.6 is 23.2 Å². The third-order valence-electron chi connectivity index (χ3n) is 2.60. The lowest BCUT2D eigenvalue weighted by Crippen LogP contribution is -2.43. The molecule has 0 spiro atoms. The van der Waals surface area contributed by atoms with Gasteiger partial charge in [0.2, 0.25) is 5.78 Å². The van der Waals surface area contributed by atoms with Gasteiger partial charge in [0.05, 0.1) is 20.6 Å². The lowest BCUT2D eigenvalue weighted by molar-refractivity contribution is -0.875. The number of benzene rings is 1. The zero-order valence-electron chi connectivity index (χ0n) is 10.9. The van der Waals surface area contributed by atoms with Gasteiger partial charge in [0.15, 0.2) is 0 Å². The van der Waals surface area contributed by atoms with E-state index in [9.17, 15) is 4.79 Å². The Morgan fingerprint density at radius 3 is 2.33 bits per heavy atom. The summed E-state index contributed by atoms with van der Waals surface area (Å²) >= 11 is 11.6. The maximum absolute atomic E-state index is 12.1. The molecule has 0 bridgehead atoms. The molecule has 0 fully saturated rings. The van der Waals surface area contributed by atoms with E-state index in [-0.39, 0.29) is 5.78 Å². The van der Waals surface area contributed by atoms with Crippen LogP contribution in [0.15, 0.2) is 35.4 Å². The number of Topliss-reactive ketones (excluding diaryl/α,β-unsaturated/α-hetero) is 1. The van der Waals surface area contributed by atoms with E-state index < -0.39 is 0 Å². The van der Waals surface area contributed by atoms with Crippen LogP contribution in [-0.4, -0.2) is 37.5 Å². The Kier molecular flexibility index (Phi) is 5.39. The van der Waals surface area contributed by atoms with Crippen LogP contribution in [0.5, 0.6) is 0 Å². The van der Waals surface area contributed by atoms with Crippen LogP contribution in [0, 0.1) is 0 Å². The minimum absolute atomic E-state index is 0.109. The van der Waals surface area contributed by atoms with Gasteiger partial charge in [0.25, 0.3) is 0 Å². The summed E-state index contributed by atoms with van der Waals surface area (Å²) in [5.74, 6) is 0.109. The monoisotopic (exact) mass is 286 g/mol. The number of ketones is 1. The van der Waals surface area contributed by atoms with E-state index in [1.54, 1.807) is 24.3 Å². The molecule has 0 aliphatic carbocycles. The zero-order chi connectivity index (χ0) is 13.8. The third kappa shape index (κ3) is 5.21. The van der Waals surface area contributed by atoms with Crippen molar-refractivity contribution in [2.45, 2.75) is 6.92 Å². The number of hydrogen-bond donors (Lipinski definition) is 0. The second kappa shape index (κ2) is 6.37. The van der Waals surface area contributed by atoms with Crippen LogP contribution < -0.4 is 0 Å². The predicted octanol–water partition coefficient (Wildman–Crippen LogP) is 3.74. The summed E-state index contributed by atoms with van der Waals surface area (Å²) in [5, 5.41) is 1.39. The molecule has 0 aliphatic rings. The molecule has 0 unspecified atom stereocenters. The molecule has 2 nitrogen and oxygen atoms in total. The first-order chi connectivity index (χ1) is 8.30. The van der Waals surface area contributed by atoms with Crippen molar-refractivity contribution in [3.8, 4) is 0 Å². The number of carbonyl (C=O) groups is 1. The fourth-order valence-electron chi connectivity index (χ4n) is 1.55. The molecule has 18 heavy (non-hydrogen) atoms. The normalized spacial score (nSPS) is 12.6. The van der Waals surface area contributed by atoms with Crippen molar-refractivity contribution < 1.29 is 9.28 Å². The van der Waals surface area contributed by atoms with Crippen molar-refractivity contribution in [1.82, 2.24) is 0 Å². The average Bonchev–Trinajstić information content (AvgIpc) is 2.27. The molecule has 0 aromatic heterocycles. The number of hydrogen-bond acceptors (Lipinski definition) is 1. The predicted molar refractivity (Wildman–Crippen MR) is 77.2 cm³/mol. The van der Waals surface area contributed by atoms with Crippen LogP contribution in [0.25, 0.3) is 0 Å². The minimum atomic E-state index is 0.109. The van der Waals surface area contributed by atoms with E-state index in [1.165, 1.54) is 0 Å². The molecule has 0 saturated carbocycles. The summed E-state index contributed by atoms with van der Waals surface area (Å²) in [6.07, 6.45) is 1.93. The Bertz CT molecular complexity index is 445. The Morgan fingerprint density at radius 1 is 1.28 bits per heavy atom. The summed E-state index contributed by atoms with van der Waals surface area (Å²) in [7, 11) is 4.01. The molecule has 0 aliphatic heterocycles. The Labute approximate surface area is 118 Å². The van der Waals surface area contributed by atoms with Gasteiger partial charge >= 0.3 is 0 Å². The van der Waals surface area contributed by atoms with E-state index in [0.29, 0.717) is 21.6 Å². The number of quaternary nitrogens is 1. The Morgan fingerprint density at radius 2 is 1.83 bits per heavy atom. The van der Waals surface area contributed by atoms with E-state index in [1.807, 2.05) is 27.1 Å². The van der Waals surface area contributed by atoms with Crippen molar-refractivity contribution in [1.29, 1.82) is 0 Å². The highest BCUT2D eigenvalue weighted by molar-refractivity contribution is 6.30. The summed E-state index contributed by atoms with van der Waals surface area (Å²) in [4.78, 5) is 12.1. The van der Waals surface area contributed by atoms with Crippen molar-refractivity contribution in [2.24, 2.45) is 0 Å². The van der Waals surface area contributed by atoms with Crippen molar-refractivity contribution in [2.75, 3.05) is 27.2 Å². The first-order valence-corrected chi connectivity index (χ1v) is 6.49. The van der Waals surface area contributed by atoms with Gasteiger partial charge in [-0.1, -0.05) is 23.2 Å². The largest absolute Gasteiger partial charge is 0.319 e. The number of allylic oxidation sites excluding steroid dienone is 1. The SMILES string of the molecule is C/C(Cl)=C\C[N+](C)(C)CC(=O)c1ccc(Cl)cc1. The van der Waals surface area contributed by atoms with Crippen LogP contribution in [0.2, 0.25) is 5.02 Å². The molecule has 0 radical (unpaired) electrons. The third-order valence-corrected chi connectivity index (χ3v) is 3.01. The van der Waals surface area contributed by atoms with Gasteiger partial charge in [-0.25, -0.2) is 0 Å². The number of nitrogens with zero attached hydrogens (tertiary/aromatic N) is 1. The lowest BCUT2D eigenvalue weighted by Gasteiger charge is -2.27. The fraction of sp³-hybridized carbons (Fsp3) is 0.357. The molecule has 0 N–H and O–H groups in total. The van der Waals surface area contributed by atoms with Gasteiger partial charge in [-0.3, -0.25) is 4.79 Å². The lowest BCUT2D eigenvalue weighted by atomic mass is 10.1. The summed E-state index contributed by atoms with van der Waals surface area (Å²) < 4.78 is 0.575.